The number of hydrogen-bond donors (Lipinski definition) is 0. The first-order valence-corrected chi connectivity index (χ1v) is 7.87. The normalized spacial score (nSPS) is 10.3. The van der Waals surface area contributed by atoms with E-state index in [0.29, 0.717) is 23.4 Å². The molecule has 2 rings (SSSR count). The molecule has 0 atom stereocenters. The Kier molecular flexibility index (Phi) is 6.07. The molecule has 0 heterocycles. The van der Waals surface area contributed by atoms with E-state index >= 15 is 0 Å². The summed E-state index contributed by atoms with van der Waals surface area (Å²) in [6.07, 6.45) is 0.130. The maximum Gasteiger partial charge on any atom is 0.340 e. The molecule has 0 unspecified atom stereocenters. The minimum absolute atomic E-state index is 0.130. The molecule has 0 aliphatic rings. The summed E-state index contributed by atoms with van der Waals surface area (Å²) in [6.45, 7) is 4.25. The van der Waals surface area contributed by atoms with Crippen LogP contribution in [-0.2, 0) is 16.0 Å². The Morgan fingerprint density at radius 3 is 2.33 bits per heavy atom. The summed E-state index contributed by atoms with van der Waals surface area (Å²) >= 11 is 0. The van der Waals surface area contributed by atoms with E-state index in [1.165, 1.54) is 17.0 Å². The van der Waals surface area contributed by atoms with Crippen LogP contribution in [0.15, 0.2) is 48.5 Å². The number of nitrogens with zero attached hydrogens (tertiary/aromatic N) is 1. The van der Waals surface area contributed by atoms with Crippen LogP contribution in [-0.4, -0.2) is 25.0 Å². The zero-order valence-electron chi connectivity index (χ0n) is 13.8. The Bertz CT molecular complexity index is 713. The van der Waals surface area contributed by atoms with Crippen LogP contribution in [0.25, 0.3) is 0 Å². The van der Waals surface area contributed by atoms with Crippen molar-refractivity contribution in [1.29, 1.82) is 0 Å². The van der Waals surface area contributed by atoms with Crippen LogP contribution in [0.1, 0.15) is 29.8 Å². The molecule has 2 aromatic carbocycles. The molecule has 5 heteroatoms. The summed E-state index contributed by atoms with van der Waals surface area (Å²) in [5.41, 5.74) is 1.59. The lowest BCUT2D eigenvalue weighted by atomic mass is 10.1. The Morgan fingerprint density at radius 2 is 1.71 bits per heavy atom. The first kappa shape index (κ1) is 17.7. The van der Waals surface area contributed by atoms with Gasteiger partial charge in [-0.25, -0.2) is 9.18 Å². The van der Waals surface area contributed by atoms with Crippen molar-refractivity contribution in [3.8, 4) is 0 Å². The van der Waals surface area contributed by atoms with Gasteiger partial charge < -0.3 is 9.64 Å². The predicted octanol–water partition coefficient (Wildman–Crippen LogP) is 3.60. The van der Waals surface area contributed by atoms with Crippen LogP contribution in [0.5, 0.6) is 0 Å². The van der Waals surface area contributed by atoms with Crippen molar-refractivity contribution >= 4 is 17.6 Å². The third kappa shape index (κ3) is 4.19. The van der Waals surface area contributed by atoms with Gasteiger partial charge in [0, 0.05) is 6.54 Å². The first-order chi connectivity index (χ1) is 11.6. The van der Waals surface area contributed by atoms with Crippen LogP contribution in [0.3, 0.4) is 0 Å². The van der Waals surface area contributed by atoms with Crippen LogP contribution >= 0.6 is 0 Å². The Hall–Kier alpha value is -2.69. The van der Waals surface area contributed by atoms with Crippen LogP contribution < -0.4 is 4.90 Å². The van der Waals surface area contributed by atoms with Crippen LogP contribution in [0.2, 0.25) is 0 Å². The van der Waals surface area contributed by atoms with E-state index < -0.39 is 5.97 Å². The van der Waals surface area contributed by atoms with Crippen LogP contribution in [0.4, 0.5) is 10.1 Å². The van der Waals surface area contributed by atoms with E-state index in [0.717, 1.165) is 0 Å². The lowest BCUT2D eigenvalue weighted by Gasteiger charge is -2.23. The van der Waals surface area contributed by atoms with Gasteiger partial charge >= 0.3 is 5.97 Å². The maximum absolute atomic E-state index is 13.0. The van der Waals surface area contributed by atoms with Crippen molar-refractivity contribution in [2.45, 2.75) is 20.3 Å². The number of rotatable bonds is 6. The molecule has 0 aliphatic heterocycles. The van der Waals surface area contributed by atoms with Crippen molar-refractivity contribution in [2.75, 3.05) is 18.1 Å². The predicted molar refractivity (Wildman–Crippen MR) is 90.5 cm³/mol. The molecule has 0 aliphatic carbocycles. The largest absolute Gasteiger partial charge is 0.462 e. The van der Waals surface area contributed by atoms with E-state index in [4.69, 9.17) is 4.74 Å². The highest BCUT2D eigenvalue weighted by Crippen LogP contribution is 2.22. The Labute approximate surface area is 140 Å². The van der Waals surface area contributed by atoms with Gasteiger partial charge in [-0.15, -0.1) is 0 Å². The van der Waals surface area contributed by atoms with E-state index in [2.05, 4.69) is 0 Å². The second kappa shape index (κ2) is 8.24. The number of anilines is 1. The van der Waals surface area contributed by atoms with Gasteiger partial charge in [0.25, 0.3) is 0 Å². The summed E-state index contributed by atoms with van der Waals surface area (Å²) in [6, 6.07) is 12.7. The van der Waals surface area contributed by atoms with Gasteiger partial charge in [0.05, 0.1) is 24.3 Å². The fraction of sp³-hybridized carbons (Fsp3) is 0.263. The molecule has 0 bridgehead atoms. The average Bonchev–Trinajstić information content (AvgIpc) is 2.58. The van der Waals surface area contributed by atoms with Gasteiger partial charge in [0.1, 0.15) is 5.82 Å². The number of hydrogen-bond acceptors (Lipinski definition) is 3. The molecule has 1 amide bonds. The quantitative estimate of drug-likeness (QED) is 0.761. The van der Waals surface area contributed by atoms with E-state index in [1.807, 2.05) is 6.92 Å². The molecule has 24 heavy (non-hydrogen) atoms. The number of carbonyl (C=O) groups excluding carboxylic acids is 2. The van der Waals surface area contributed by atoms with Gasteiger partial charge in [0.2, 0.25) is 5.91 Å². The topological polar surface area (TPSA) is 46.6 Å². The lowest BCUT2D eigenvalue weighted by molar-refractivity contribution is -0.117. The van der Waals surface area contributed by atoms with Crippen molar-refractivity contribution in [1.82, 2.24) is 0 Å². The minimum Gasteiger partial charge on any atom is -0.462 e. The van der Waals surface area contributed by atoms with Gasteiger partial charge in [-0.1, -0.05) is 24.3 Å². The fourth-order valence-corrected chi connectivity index (χ4v) is 2.44. The van der Waals surface area contributed by atoms with Crippen molar-refractivity contribution < 1.29 is 18.7 Å². The highest BCUT2D eigenvalue weighted by atomic mass is 19.1. The van der Waals surface area contributed by atoms with Crippen molar-refractivity contribution in [2.24, 2.45) is 0 Å². The molecule has 4 nitrogen and oxygen atoms in total. The molecular weight excluding hydrogens is 309 g/mol. The summed E-state index contributed by atoms with van der Waals surface area (Å²) < 4.78 is 18.0. The van der Waals surface area contributed by atoms with E-state index in [9.17, 15) is 14.0 Å². The number of carbonyl (C=O) groups is 2. The number of amides is 1. The number of para-hydroxylation sites is 1. The maximum atomic E-state index is 13.0. The second-order valence-electron chi connectivity index (χ2n) is 5.18. The number of benzene rings is 2. The Morgan fingerprint density at radius 1 is 1.04 bits per heavy atom. The molecule has 0 N–H and O–H groups in total. The smallest absolute Gasteiger partial charge is 0.340 e. The molecule has 0 aromatic heterocycles. The molecule has 0 spiro atoms. The average molecular weight is 329 g/mol. The molecule has 126 valence electrons. The molecule has 0 saturated carbocycles. The van der Waals surface area contributed by atoms with Gasteiger partial charge in [-0.05, 0) is 43.7 Å². The van der Waals surface area contributed by atoms with Gasteiger partial charge in [-0.2, -0.15) is 0 Å². The molecule has 2 aromatic rings. The summed E-state index contributed by atoms with van der Waals surface area (Å²) in [7, 11) is 0. The minimum atomic E-state index is -0.457. The SMILES string of the molecule is CCOC(=O)c1ccccc1N(CC)C(=O)Cc1ccc(F)cc1. The van der Waals surface area contributed by atoms with E-state index in [1.54, 1.807) is 43.3 Å². The number of ether oxygens (including phenoxy) is 1. The molecule has 0 fully saturated rings. The highest BCUT2D eigenvalue weighted by Gasteiger charge is 2.21. The van der Waals surface area contributed by atoms with Gasteiger partial charge in [-0.3, -0.25) is 4.79 Å². The summed E-state index contributed by atoms with van der Waals surface area (Å²) in [4.78, 5) is 26.3. The third-order valence-electron chi connectivity index (χ3n) is 3.58. The number of esters is 1. The zero-order valence-corrected chi connectivity index (χ0v) is 13.8. The Balaban J connectivity index is 2.26. The highest BCUT2D eigenvalue weighted by molar-refractivity contribution is 6.03. The monoisotopic (exact) mass is 329 g/mol. The molecule has 0 radical (unpaired) electrons. The number of likely N-dealkylation sites (N-methyl/N-ethyl adjacent to an activating group) is 1. The fourth-order valence-electron chi connectivity index (χ4n) is 2.44. The van der Waals surface area contributed by atoms with Gasteiger partial charge in [0.15, 0.2) is 0 Å². The third-order valence-corrected chi connectivity index (χ3v) is 3.58. The molecular formula is C19H20FNO3. The summed E-state index contributed by atoms with van der Waals surface area (Å²) in [5, 5.41) is 0. The lowest BCUT2D eigenvalue weighted by Crippen LogP contribution is -2.33. The van der Waals surface area contributed by atoms with Crippen molar-refractivity contribution in [3.63, 3.8) is 0 Å². The molecule has 0 saturated heterocycles. The standard InChI is InChI=1S/C19H20FNO3/c1-3-21(18(22)13-14-9-11-15(20)12-10-14)17-8-6-5-7-16(17)19(23)24-4-2/h5-12H,3-4,13H2,1-2H3. The number of halogens is 1. The van der Waals surface area contributed by atoms with Crippen LogP contribution in [0, 0.1) is 5.82 Å². The second-order valence-corrected chi connectivity index (χ2v) is 5.18. The van der Waals surface area contributed by atoms with E-state index in [-0.39, 0.29) is 24.8 Å². The zero-order chi connectivity index (χ0) is 17.5. The first-order valence-electron chi connectivity index (χ1n) is 7.87. The van der Waals surface area contributed by atoms with Crippen molar-refractivity contribution in [3.05, 3.63) is 65.5 Å². The summed E-state index contributed by atoms with van der Waals surface area (Å²) in [5.74, 6) is -0.965.